The zero-order valence-corrected chi connectivity index (χ0v) is 10.9. The molecule has 18 heavy (non-hydrogen) atoms. The fraction of sp³-hybridized carbons (Fsp3) is 0.667. The number of methoxy groups -OCH3 is 1. The fourth-order valence-corrected chi connectivity index (χ4v) is 2.27. The summed E-state index contributed by atoms with van der Waals surface area (Å²) in [7, 11) is 1.66. The Morgan fingerprint density at radius 2 is 2.39 bits per heavy atom. The van der Waals surface area contributed by atoms with Gasteiger partial charge in [0.15, 0.2) is 0 Å². The smallest absolute Gasteiger partial charge is 0.351 e. The van der Waals surface area contributed by atoms with Gasteiger partial charge in [0, 0.05) is 25.3 Å². The van der Waals surface area contributed by atoms with E-state index in [0.717, 1.165) is 12.0 Å². The van der Waals surface area contributed by atoms with Gasteiger partial charge in [-0.25, -0.2) is 4.79 Å². The first kappa shape index (κ1) is 13.0. The van der Waals surface area contributed by atoms with Crippen LogP contribution in [0.5, 0.6) is 0 Å². The summed E-state index contributed by atoms with van der Waals surface area (Å²) in [5.41, 5.74) is 6.00. The Bertz CT molecular complexity index is 474. The first-order chi connectivity index (χ1) is 8.56. The van der Waals surface area contributed by atoms with Crippen LogP contribution < -0.4 is 11.4 Å². The third-order valence-corrected chi connectivity index (χ3v) is 3.37. The van der Waals surface area contributed by atoms with Crippen LogP contribution in [0.4, 0.5) is 5.82 Å². The highest BCUT2D eigenvalue weighted by molar-refractivity contribution is 5.35. The minimum atomic E-state index is -0.380. The molecule has 1 aliphatic heterocycles. The Kier molecular flexibility index (Phi) is 3.68. The third-order valence-electron chi connectivity index (χ3n) is 3.37. The first-order valence-corrected chi connectivity index (χ1v) is 6.10. The molecule has 2 rings (SSSR count). The van der Waals surface area contributed by atoms with E-state index in [0.29, 0.717) is 6.42 Å². The number of anilines is 1. The van der Waals surface area contributed by atoms with Crippen molar-refractivity contribution in [1.82, 2.24) is 9.55 Å². The second-order valence-electron chi connectivity index (χ2n) is 4.55. The van der Waals surface area contributed by atoms with Gasteiger partial charge in [-0.2, -0.15) is 4.98 Å². The van der Waals surface area contributed by atoms with Gasteiger partial charge in [-0.3, -0.25) is 4.57 Å². The quantitative estimate of drug-likeness (QED) is 0.863. The summed E-state index contributed by atoms with van der Waals surface area (Å²) in [5.74, 6) is 0.268. The van der Waals surface area contributed by atoms with E-state index < -0.39 is 0 Å². The van der Waals surface area contributed by atoms with E-state index in [4.69, 9.17) is 15.2 Å². The standard InChI is InChI=1S/C12H19N3O3/c1-4-8-9(17-3)5-10(18-8)15-6-7(2)11(13)14-12(15)16/h6,8-10H,4-5H2,1-3H3,(H2,13,14,16)/t8-,9+,10-/m1/s1. The van der Waals surface area contributed by atoms with Crippen LogP contribution in [0, 0.1) is 6.92 Å². The van der Waals surface area contributed by atoms with Crippen LogP contribution >= 0.6 is 0 Å². The highest BCUT2D eigenvalue weighted by Crippen LogP contribution is 2.31. The van der Waals surface area contributed by atoms with E-state index >= 15 is 0 Å². The lowest BCUT2D eigenvalue weighted by atomic mass is 10.1. The number of hydrogen-bond acceptors (Lipinski definition) is 5. The summed E-state index contributed by atoms with van der Waals surface area (Å²) in [5, 5.41) is 0. The van der Waals surface area contributed by atoms with Gasteiger partial charge in [-0.1, -0.05) is 6.92 Å². The maximum absolute atomic E-state index is 11.8. The maximum atomic E-state index is 11.8. The van der Waals surface area contributed by atoms with Crippen molar-refractivity contribution in [3.05, 3.63) is 22.2 Å². The highest BCUT2D eigenvalue weighted by atomic mass is 16.6. The van der Waals surface area contributed by atoms with Crippen molar-refractivity contribution >= 4 is 5.82 Å². The molecule has 0 radical (unpaired) electrons. The number of aryl methyl sites for hydroxylation is 1. The van der Waals surface area contributed by atoms with Crippen molar-refractivity contribution in [2.24, 2.45) is 0 Å². The average Bonchev–Trinajstić information content (AvgIpc) is 2.76. The summed E-state index contributed by atoms with van der Waals surface area (Å²) >= 11 is 0. The second-order valence-corrected chi connectivity index (χ2v) is 4.55. The lowest BCUT2D eigenvalue weighted by molar-refractivity contribution is -0.0301. The SMILES string of the molecule is CC[C@H]1O[C@@H](n2cc(C)c(N)nc2=O)C[C@@H]1OC. The molecule has 0 unspecified atom stereocenters. The molecule has 0 spiro atoms. The molecule has 2 N–H and O–H groups in total. The predicted octanol–water partition coefficient (Wildman–Crippen LogP) is 0.846. The highest BCUT2D eigenvalue weighted by Gasteiger charge is 2.35. The summed E-state index contributed by atoms with van der Waals surface area (Å²) in [4.78, 5) is 15.6. The van der Waals surface area contributed by atoms with Crippen molar-refractivity contribution < 1.29 is 9.47 Å². The van der Waals surface area contributed by atoms with E-state index in [1.54, 1.807) is 13.3 Å². The molecule has 6 nitrogen and oxygen atoms in total. The van der Waals surface area contributed by atoms with Gasteiger partial charge in [0.2, 0.25) is 0 Å². The molecule has 1 aliphatic rings. The van der Waals surface area contributed by atoms with Crippen molar-refractivity contribution in [3.63, 3.8) is 0 Å². The van der Waals surface area contributed by atoms with Gasteiger partial charge < -0.3 is 15.2 Å². The number of hydrogen-bond donors (Lipinski definition) is 1. The van der Waals surface area contributed by atoms with Crippen LogP contribution in [0.25, 0.3) is 0 Å². The van der Waals surface area contributed by atoms with Crippen LogP contribution in [0.3, 0.4) is 0 Å². The number of rotatable bonds is 3. The van der Waals surface area contributed by atoms with Crippen molar-refractivity contribution in [1.29, 1.82) is 0 Å². The summed E-state index contributed by atoms with van der Waals surface area (Å²) in [6, 6.07) is 0. The molecule has 3 atom stereocenters. The van der Waals surface area contributed by atoms with E-state index in [9.17, 15) is 4.79 Å². The Balaban J connectivity index is 2.28. The number of aromatic nitrogens is 2. The van der Waals surface area contributed by atoms with Crippen LogP contribution in [0.2, 0.25) is 0 Å². The van der Waals surface area contributed by atoms with Crippen molar-refractivity contribution in [3.8, 4) is 0 Å². The molecule has 2 heterocycles. The molecule has 1 fully saturated rings. The molecular formula is C12H19N3O3. The lowest BCUT2D eigenvalue weighted by Gasteiger charge is -2.15. The van der Waals surface area contributed by atoms with Crippen LogP contribution in [-0.4, -0.2) is 28.9 Å². The Morgan fingerprint density at radius 3 is 2.94 bits per heavy atom. The largest absolute Gasteiger partial charge is 0.383 e. The molecule has 1 saturated heterocycles. The predicted molar refractivity (Wildman–Crippen MR) is 67.3 cm³/mol. The van der Waals surface area contributed by atoms with Crippen molar-refractivity contribution in [2.45, 2.75) is 45.1 Å². The number of nitrogens with zero attached hydrogens (tertiary/aromatic N) is 2. The van der Waals surface area contributed by atoms with E-state index in [2.05, 4.69) is 4.98 Å². The molecule has 0 saturated carbocycles. The zero-order valence-electron chi connectivity index (χ0n) is 10.9. The maximum Gasteiger partial charge on any atom is 0.351 e. The molecule has 1 aromatic rings. The van der Waals surface area contributed by atoms with Gasteiger partial charge in [-0.05, 0) is 13.3 Å². The number of nitrogen functional groups attached to an aromatic ring is 1. The van der Waals surface area contributed by atoms with E-state index in [1.165, 1.54) is 4.57 Å². The van der Waals surface area contributed by atoms with Gasteiger partial charge in [0.25, 0.3) is 0 Å². The molecule has 0 aliphatic carbocycles. The molecule has 0 amide bonds. The van der Waals surface area contributed by atoms with Gasteiger partial charge >= 0.3 is 5.69 Å². The monoisotopic (exact) mass is 253 g/mol. The average molecular weight is 253 g/mol. The van der Waals surface area contributed by atoms with Gasteiger partial charge in [0.05, 0.1) is 12.2 Å². The topological polar surface area (TPSA) is 79.4 Å². The lowest BCUT2D eigenvalue weighted by Crippen LogP contribution is -2.28. The summed E-state index contributed by atoms with van der Waals surface area (Å²) < 4.78 is 12.7. The van der Waals surface area contributed by atoms with Crippen LogP contribution in [0.15, 0.2) is 11.0 Å². The Labute approximate surface area is 106 Å². The van der Waals surface area contributed by atoms with Crippen LogP contribution in [0.1, 0.15) is 31.6 Å². The fourth-order valence-electron chi connectivity index (χ4n) is 2.27. The molecule has 6 heteroatoms. The van der Waals surface area contributed by atoms with E-state index in [-0.39, 0.29) is 29.9 Å². The third kappa shape index (κ3) is 2.26. The number of ether oxygens (including phenoxy) is 2. The minimum Gasteiger partial charge on any atom is -0.383 e. The second kappa shape index (κ2) is 5.07. The molecular weight excluding hydrogens is 234 g/mol. The molecule has 100 valence electrons. The van der Waals surface area contributed by atoms with E-state index in [1.807, 2.05) is 13.8 Å². The molecule has 0 aromatic carbocycles. The molecule has 1 aromatic heterocycles. The number of nitrogens with two attached hydrogens (primary N) is 1. The molecule has 0 bridgehead atoms. The minimum absolute atomic E-state index is 0.0183. The first-order valence-electron chi connectivity index (χ1n) is 6.10. The van der Waals surface area contributed by atoms with Gasteiger partial charge in [-0.15, -0.1) is 0 Å². The van der Waals surface area contributed by atoms with Gasteiger partial charge in [0.1, 0.15) is 12.0 Å². The summed E-state index contributed by atoms with van der Waals surface area (Å²) in [6.45, 7) is 3.85. The Morgan fingerprint density at radius 1 is 1.67 bits per heavy atom. The Hall–Kier alpha value is -1.40. The van der Waals surface area contributed by atoms with Crippen LogP contribution in [-0.2, 0) is 9.47 Å². The normalized spacial score (nSPS) is 27.6. The zero-order chi connectivity index (χ0) is 13.3. The van der Waals surface area contributed by atoms with Crippen molar-refractivity contribution in [2.75, 3.05) is 12.8 Å². The summed E-state index contributed by atoms with van der Waals surface area (Å²) in [6.07, 6.45) is 2.92.